The molecule has 1 aromatic heterocycles. The maximum atomic E-state index is 11.6. The van der Waals surface area contributed by atoms with Gasteiger partial charge >= 0.3 is 11.9 Å². The van der Waals surface area contributed by atoms with Gasteiger partial charge in [0.1, 0.15) is 6.04 Å². The second-order valence-corrected chi connectivity index (χ2v) is 4.78. The molecule has 0 aromatic carbocycles. The zero-order valence-corrected chi connectivity index (χ0v) is 12.6. The van der Waals surface area contributed by atoms with Crippen LogP contribution in [0.1, 0.15) is 32.1 Å². The summed E-state index contributed by atoms with van der Waals surface area (Å²) in [6.45, 7) is 0.226. The third kappa shape index (κ3) is 6.32. The SMILES string of the molecule is C#CCCCCOC(=O)C(N)CCC(=O)On1c(O)ccc1O. The molecule has 8 heteroatoms. The molecule has 126 valence electrons. The number of carbonyl (C=O) groups excluding carboxylic acids is 2. The van der Waals surface area contributed by atoms with Crippen LogP contribution in [0.25, 0.3) is 0 Å². The Morgan fingerprint density at radius 1 is 1.30 bits per heavy atom. The van der Waals surface area contributed by atoms with Crippen LogP contribution in [-0.2, 0) is 14.3 Å². The minimum Gasteiger partial charge on any atom is -0.492 e. The first-order valence-corrected chi connectivity index (χ1v) is 7.12. The number of carbonyl (C=O) groups is 2. The largest absolute Gasteiger partial charge is 0.492 e. The molecule has 0 radical (unpaired) electrons. The molecule has 0 saturated carbocycles. The topological polar surface area (TPSA) is 124 Å². The fraction of sp³-hybridized carbons (Fsp3) is 0.467. The Balaban J connectivity index is 2.27. The molecule has 0 aliphatic heterocycles. The maximum absolute atomic E-state index is 11.6. The zero-order valence-electron chi connectivity index (χ0n) is 12.6. The zero-order chi connectivity index (χ0) is 17.2. The highest BCUT2D eigenvalue weighted by Gasteiger charge is 2.18. The first-order valence-electron chi connectivity index (χ1n) is 7.12. The van der Waals surface area contributed by atoms with Gasteiger partial charge in [-0.2, -0.15) is 0 Å². The number of ether oxygens (including phenoxy) is 1. The van der Waals surface area contributed by atoms with Crippen molar-refractivity contribution in [1.82, 2.24) is 4.73 Å². The van der Waals surface area contributed by atoms with Gasteiger partial charge in [-0.1, -0.05) is 0 Å². The molecule has 1 rings (SSSR count). The van der Waals surface area contributed by atoms with Gasteiger partial charge in [0.25, 0.3) is 0 Å². The molecule has 4 N–H and O–H groups in total. The van der Waals surface area contributed by atoms with Crippen LogP contribution in [0.4, 0.5) is 0 Å². The van der Waals surface area contributed by atoms with Gasteiger partial charge in [-0.25, -0.2) is 4.79 Å². The Morgan fingerprint density at radius 2 is 1.96 bits per heavy atom. The van der Waals surface area contributed by atoms with Gasteiger partial charge in [0.15, 0.2) is 0 Å². The van der Waals surface area contributed by atoms with Gasteiger partial charge in [0, 0.05) is 18.6 Å². The smallest absolute Gasteiger partial charge is 0.333 e. The van der Waals surface area contributed by atoms with E-state index in [1.165, 1.54) is 0 Å². The average Bonchev–Trinajstić information content (AvgIpc) is 2.84. The highest BCUT2D eigenvalue weighted by molar-refractivity contribution is 5.77. The number of hydrogen-bond acceptors (Lipinski definition) is 7. The minimum atomic E-state index is -0.956. The van der Waals surface area contributed by atoms with Crippen molar-refractivity contribution < 1.29 is 29.4 Å². The van der Waals surface area contributed by atoms with E-state index < -0.39 is 29.7 Å². The molecular formula is C15H20N2O6. The molecule has 0 saturated heterocycles. The van der Waals surface area contributed by atoms with Crippen molar-refractivity contribution in [1.29, 1.82) is 0 Å². The van der Waals surface area contributed by atoms with E-state index in [0.29, 0.717) is 17.6 Å². The predicted octanol–water partition coefficient (Wildman–Crippen LogP) is 0.309. The van der Waals surface area contributed by atoms with Crippen molar-refractivity contribution in [3.63, 3.8) is 0 Å². The second-order valence-electron chi connectivity index (χ2n) is 4.78. The molecule has 0 fully saturated rings. The van der Waals surface area contributed by atoms with Crippen LogP contribution in [0.15, 0.2) is 12.1 Å². The van der Waals surface area contributed by atoms with Gasteiger partial charge in [-0.05, 0) is 19.3 Å². The lowest BCUT2D eigenvalue weighted by atomic mass is 10.2. The van der Waals surface area contributed by atoms with E-state index in [0.717, 1.165) is 18.6 Å². The molecule has 1 aromatic rings. The number of aromatic hydroxyl groups is 2. The van der Waals surface area contributed by atoms with Crippen LogP contribution in [0.5, 0.6) is 11.8 Å². The van der Waals surface area contributed by atoms with Crippen molar-refractivity contribution in [2.45, 2.75) is 38.1 Å². The van der Waals surface area contributed by atoms with E-state index in [1.807, 2.05) is 0 Å². The van der Waals surface area contributed by atoms with Gasteiger partial charge in [0.05, 0.1) is 13.0 Å². The maximum Gasteiger partial charge on any atom is 0.333 e. The van der Waals surface area contributed by atoms with Crippen LogP contribution >= 0.6 is 0 Å². The molecule has 0 spiro atoms. The van der Waals surface area contributed by atoms with Crippen LogP contribution in [0.3, 0.4) is 0 Å². The fourth-order valence-corrected chi connectivity index (χ4v) is 1.64. The summed E-state index contributed by atoms with van der Waals surface area (Å²) in [6.07, 6.45) is 6.97. The molecular weight excluding hydrogens is 304 g/mol. The van der Waals surface area contributed by atoms with Crippen LogP contribution in [0, 0.1) is 12.3 Å². The van der Waals surface area contributed by atoms with E-state index in [-0.39, 0.29) is 19.4 Å². The van der Waals surface area contributed by atoms with Crippen LogP contribution in [-0.4, -0.2) is 39.5 Å². The molecule has 0 aliphatic carbocycles. The summed E-state index contributed by atoms with van der Waals surface area (Å²) >= 11 is 0. The van der Waals surface area contributed by atoms with Gasteiger partial charge in [-0.3, -0.25) is 4.79 Å². The van der Waals surface area contributed by atoms with Gasteiger partial charge in [0.2, 0.25) is 11.8 Å². The summed E-state index contributed by atoms with van der Waals surface area (Å²) in [4.78, 5) is 27.9. The Labute approximate surface area is 133 Å². The highest BCUT2D eigenvalue weighted by Crippen LogP contribution is 2.18. The Hall–Kier alpha value is -2.66. The van der Waals surface area contributed by atoms with E-state index >= 15 is 0 Å². The summed E-state index contributed by atoms with van der Waals surface area (Å²) in [5, 5.41) is 18.6. The quantitative estimate of drug-likeness (QED) is 0.339. The predicted molar refractivity (Wildman–Crippen MR) is 80.2 cm³/mol. The van der Waals surface area contributed by atoms with Crippen molar-refractivity contribution in [2.75, 3.05) is 6.61 Å². The summed E-state index contributed by atoms with van der Waals surface area (Å²) in [6, 6.07) is 1.36. The van der Waals surface area contributed by atoms with Crippen molar-refractivity contribution in [2.24, 2.45) is 5.73 Å². The first kappa shape index (κ1) is 18.4. The Morgan fingerprint density at radius 3 is 2.57 bits per heavy atom. The van der Waals surface area contributed by atoms with Gasteiger partial charge in [-0.15, -0.1) is 17.1 Å². The van der Waals surface area contributed by atoms with E-state index in [9.17, 15) is 19.8 Å². The number of nitrogens with zero attached hydrogens (tertiary/aromatic N) is 1. The fourth-order valence-electron chi connectivity index (χ4n) is 1.64. The van der Waals surface area contributed by atoms with Gasteiger partial charge < -0.3 is 25.5 Å². The summed E-state index contributed by atoms with van der Waals surface area (Å²) < 4.78 is 5.52. The highest BCUT2D eigenvalue weighted by atomic mass is 16.7. The van der Waals surface area contributed by atoms with E-state index in [2.05, 4.69) is 5.92 Å². The Kier molecular flexibility index (Phi) is 7.50. The molecule has 0 amide bonds. The summed E-state index contributed by atoms with van der Waals surface area (Å²) in [5.74, 6) is 0.268. The number of rotatable bonds is 9. The first-order chi connectivity index (χ1) is 11.0. The molecule has 0 aliphatic rings. The number of nitrogens with two attached hydrogens (primary N) is 1. The standard InChI is InChI=1S/C15H20N2O6/c1-2-3-4-5-10-22-15(21)11(16)6-9-14(20)23-17-12(18)7-8-13(17)19/h1,7-8,11,18-19H,3-6,9-10,16H2. The third-order valence-corrected chi connectivity index (χ3v) is 2.91. The minimum absolute atomic E-state index is 0.0187. The molecule has 1 unspecified atom stereocenters. The monoisotopic (exact) mass is 324 g/mol. The molecule has 1 heterocycles. The number of hydrogen-bond donors (Lipinski definition) is 3. The third-order valence-electron chi connectivity index (χ3n) is 2.91. The lowest BCUT2D eigenvalue weighted by molar-refractivity contribution is -0.147. The average molecular weight is 324 g/mol. The van der Waals surface area contributed by atoms with Crippen molar-refractivity contribution in [3.05, 3.63) is 12.1 Å². The molecule has 23 heavy (non-hydrogen) atoms. The van der Waals surface area contributed by atoms with Crippen LogP contribution in [0.2, 0.25) is 0 Å². The molecule has 1 atom stereocenters. The normalized spacial score (nSPS) is 11.5. The number of aromatic nitrogens is 1. The molecule has 0 bridgehead atoms. The lowest BCUT2D eigenvalue weighted by Gasteiger charge is -2.11. The second kappa shape index (κ2) is 9.38. The van der Waals surface area contributed by atoms with Crippen LogP contribution < -0.4 is 10.6 Å². The summed E-state index contributed by atoms with van der Waals surface area (Å²) in [5.41, 5.74) is 5.62. The van der Waals surface area contributed by atoms with E-state index in [4.69, 9.17) is 21.7 Å². The molecule has 8 nitrogen and oxygen atoms in total. The lowest BCUT2D eigenvalue weighted by Crippen LogP contribution is -2.33. The van der Waals surface area contributed by atoms with E-state index in [1.54, 1.807) is 0 Å². The number of terminal acetylenes is 1. The van der Waals surface area contributed by atoms with Crippen molar-refractivity contribution in [3.8, 4) is 24.1 Å². The number of unbranched alkanes of at least 4 members (excludes halogenated alkanes) is 2. The Bertz CT molecular complexity index is 556. The number of esters is 1. The van der Waals surface area contributed by atoms with Crippen molar-refractivity contribution >= 4 is 11.9 Å². The summed E-state index contributed by atoms with van der Waals surface area (Å²) in [7, 11) is 0.